The van der Waals surface area contributed by atoms with Crippen molar-refractivity contribution in [2.24, 2.45) is 0 Å². The standard InChI is InChI=1S/C22H27NO7S/c1-3-16(2)23(17-11-12-31(26,27)15-17)21(24)14-29-22(25)20-10-9-19(30-20)13-28-18-7-5-4-6-8-18/h4-10,16-17H,3,11-15H2,1-2H3. The number of carbonyl (C=O) groups is 2. The van der Waals surface area contributed by atoms with Gasteiger partial charge in [0.25, 0.3) is 5.91 Å². The van der Waals surface area contributed by atoms with E-state index >= 15 is 0 Å². The van der Waals surface area contributed by atoms with Crippen molar-refractivity contribution in [2.45, 2.75) is 45.4 Å². The van der Waals surface area contributed by atoms with Gasteiger partial charge >= 0.3 is 5.97 Å². The van der Waals surface area contributed by atoms with E-state index in [1.807, 2.05) is 44.2 Å². The molecule has 3 rings (SSSR count). The summed E-state index contributed by atoms with van der Waals surface area (Å²) < 4.78 is 39.8. The van der Waals surface area contributed by atoms with Crippen LogP contribution in [0.15, 0.2) is 46.9 Å². The third-order valence-corrected chi connectivity index (χ3v) is 7.02. The summed E-state index contributed by atoms with van der Waals surface area (Å²) in [5, 5.41) is 0. The van der Waals surface area contributed by atoms with Gasteiger partial charge in [-0.2, -0.15) is 0 Å². The molecule has 0 N–H and O–H groups in total. The highest BCUT2D eigenvalue weighted by molar-refractivity contribution is 7.91. The van der Waals surface area contributed by atoms with Gasteiger partial charge in [0.05, 0.1) is 11.5 Å². The van der Waals surface area contributed by atoms with Crippen molar-refractivity contribution >= 4 is 21.7 Å². The number of hydrogen-bond acceptors (Lipinski definition) is 7. The van der Waals surface area contributed by atoms with E-state index in [-0.39, 0.29) is 29.9 Å². The van der Waals surface area contributed by atoms with Gasteiger partial charge < -0.3 is 18.8 Å². The summed E-state index contributed by atoms with van der Waals surface area (Å²) in [6.45, 7) is 3.45. The lowest BCUT2D eigenvalue weighted by Gasteiger charge is -2.33. The summed E-state index contributed by atoms with van der Waals surface area (Å²) in [5.41, 5.74) is 0. The Balaban J connectivity index is 1.55. The molecule has 0 spiro atoms. The zero-order chi connectivity index (χ0) is 22.4. The number of para-hydroxylation sites is 1. The highest BCUT2D eigenvalue weighted by atomic mass is 32.2. The molecule has 31 heavy (non-hydrogen) atoms. The molecule has 1 amide bonds. The Morgan fingerprint density at radius 1 is 1.19 bits per heavy atom. The minimum absolute atomic E-state index is 0.0296. The van der Waals surface area contributed by atoms with E-state index in [2.05, 4.69) is 0 Å². The van der Waals surface area contributed by atoms with Crippen molar-refractivity contribution in [3.8, 4) is 5.75 Å². The lowest BCUT2D eigenvalue weighted by Crippen LogP contribution is -2.48. The number of amides is 1. The van der Waals surface area contributed by atoms with Crippen LogP contribution in [0.3, 0.4) is 0 Å². The van der Waals surface area contributed by atoms with Crippen molar-refractivity contribution in [1.29, 1.82) is 0 Å². The lowest BCUT2D eigenvalue weighted by molar-refractivity contribution is -0.138. The summed E-state index contributed by atoms with van der Waals surface area (Å²) in [5.74, 6) is -0.0747. The number of carbonyl (C=O) groups excluding carboxylic acids is 2. The van der Waals surface area contributed by atoms with Crippen LogP contribution in [0.1, 0.15) is 43.0 Å². The molecule has 1 saturated heterocycles. The fourth-order valence-electron chi connectivity index (χ4n) is 3.51. The predicted molar refractivity (Wildman–Crippen MR) is 113 cm³/mol. The van der Waals surface area contributed by atoms with Gasteiger partial charge in [0.1, 0.15) is 18.1 Å². The van der Waals surface area contributed by atoms with Crippen LogP contribution in [0.2, 0.25) is 0 Å². The highest BCUT2D eigenvalue weighted by Crippen LogP contribution is 2.22. The highest BCUT2D eigenvalue weighted by Gasteiger charge is 2.36. The average Bonchev–Trinajstić information content (AvgIpc) is 3.37. The molecule has 1 aromatic heterocycles. The quantitative estimate of drug-likeness (QED) is 0.542. The summed E-state index contributed by atoms with van der Waals surface area (Å²) in [6, 6.07) is 11.7. The third-order valence-electron chi connectivity index (χ3n) is 5.27. The van der Waals surface area contributed by atoms with E-state index in [0.717, 1.165) is 0 Å². The molecule has 2 unspecified atom stereocenters. The molecule has 2 aromatic rings. The van der Waals surface area contributed by atoms with Crippen molar-refractivity contribution in [3.05, 3.63) is 54.0 Å². The zero-order valence-electron chi connectivity index (χ0n) is 17.7. The Bertz CT molecular complexity index is 1000. The minimum Gasteiger partial charge on any atom is -0.486 e. The van der Waals surface area contributed by atoms with Crippen LogP contribution in [-0.4, -0.2) is 55.4 Å². The van der Waals surface area contributed by atoms with E-state index in [1.54, 1.807) is 11.0 Å². The summed E-state index contributed by atoms with van der Waals surface area (Å²) >= 11 is 0. The maximum absolute atomic E-state index is 12.7. The fourth-order valence-corrected chi connectivity index (χ4v) is 5.22. The first kappa shape index (κ1) is 22.9. The van der Waals surface area contributed by atoms with Gasteiger partial charge in [0.2, 0.25) is 5.76 Å². The Morgan fingerprint density at radius 2 is 1.94 bits per heavy atom. The van der Waals surface area contributed by atoms with Gasteiger partial charge in [-0.25, -0.2) is 13.2 Å². The predicted octanol–water partition coefficient (Wildman–Crippen LogP) is 2.83. The number of hydrogen-bond donors (Lipinski definition) is 0. The monoisotopic (exact) mass is 449 g/mol. The molecule has 2 heterocycles. The Kier molecular flexibility index (Phi) is 7.37. The summed E-state index contributed by atoms with van der Waals surface area (Å²) in [7, 11) is -3.14. The fraction of sp³-hybridized carbons (Fsp3) is 0.455. The number of rotatable bonds is 9. The van der Waals surface area contributed by atoms with Crippen LogP contribution in [0, 0.1) is 0 Å². The number of sulfone groups is 1. The van der Waals surface area contributed by atoms with E-state index in [1.165, 1.54) is 6.07 Å². The molecule has 1 aliphatic heterocycles. The first-order valence-corrected chi connectivity index (χ1v) is 12.1. The molecule has 168 valence electrons. The molecule has 0 aliphatic carbocycles. The SMILES string of the molecule is CCC(C)N(C(=O)COC(=O)c1ccc(COc2ccccc2)o1)C1CCS(=O)(=O)C1. The molecule has 9 heteroatoms. The second kappa shape index (κ2) is 10.00. The number of esters is 1. The number of ether oxygens (including phenoxy) is 2. The maximum Gasteiger partial charge on any atom is 0.374 e. The lowest BCUT2D eigenvalue weighted by atomic mass is 10.1. The van der Waals surface area contributed by atoms with Gasteiger partial charge in [-0.3, -0.25) is 4.79 Å². The van der Waals surface area contributed by atoms with Gasteiger partial charge in [0, 0.05) is 12.1 Å². The van der Waals surface area contributed by atoms with Crippen molar-refractivity contribution in [1.82, 2.24) is 4.90 Å². The number of furan rings is 1. The smallest absolute Gasteiger partial charge is 0.374 e. The van der Waals surface area contributed by atoms with Crippen LogP contribution in [0.4, 0.5) is 0 Å². The van der Waals surface area contributed by atoms with Crippen LogP contribution in [0.25, 0.3) is 0 Å². The molecule has 0 saturated carbocycles. The van der Waals surface area contributed by atoms with E-state index in [9.17, 15) is 18.0 Å². The van der Waals surface area contributed by atoms with E-state index in [4.69, 9.17) is 13.9 Å². The van der Waals surface area contributed by atoms with E-state index in [0.29, 0.717) is 24.4 Å². The van der Waals surface area contributed by atoms with Crippen molar-refractivity contribution < 1.29 is 31.9 Å². The Morgan fingerprint density at radius 3 is 2.58 bits per heavy atom. The molecular weight excluding hydrogens is 422 g/mol. The Labute approximate surface area is 182 Å². The van der Waals surface area contributed by atoms with Gasteiger partial charge in [-0.15, -0.1) is 0 Å². The molecule has 0 radical (unpaired) electrons. The van der Waals surface area contributed by atoms with Gasteiger partial charge in [0.15, 0.2) is 16.4 Å². The number of nitrogens with zero attached hydrogens (tertiary/aromatic N) is 1. The van der Waals surface area contributed by atoms with Crippen LogP contribution in [0.5, 0.6) is 5.75 Å². The molecule has 1 aliphatic rings. The third kappa shape index (κ3) is 6.10. The van der Waals surface area contributed by atoms with E-state index < -0.39 is 34.4 Å². The van der Waals surface area contributed by atoms with Crippen molar-refractivity contribution in [2.75, 3.05) is 18.1 Å². The van der Waals surface area contributed by atoms with Crippen LogP contribution in [-0.2, 0) is 26.0 Å². The number of benzene rings is 1. The molecular formula is C22H27NO7S. The topological polar surface area (TPSA) is 103 Å². The average molecular weight is 450 g/mol. The molecule has 1 aromatic carbocycles. The first-order chi connectivity index (χ1) is 14.8. The first-order valence-electron chi connectivity index (χ1n) is 10.2. The molecule has 8 nitrogen and oxygen atoms in total. The molecule has 1 fully saturated rings. The second-order valence-corrected chi connectivity index (χ2v) is 9.79. The molecule has 0 bridgehead atoms. The summed E-state index contributed by atoms with van der Waals surface area (Å²) in [6.07, 6.45) is 1.06. The Hall–Kier alpha value is -2.81. The van der Waals surface area contributed by atoms with Gasteiger partial charge in [-0.05, 0) is 44.0 Å². The van der Waals surface area contributed by atoms with Crippen molar-refractivity contribution in [3.63, 3.8) is 0 Å². The van der Waals surface area contributed by atoms with Gasteiger partial charge in [-0.1, -0.05) is 25.1 Å². The maximum atomic E-state index is 12.7. The van der Waals surface area contributed by atoms with Crippen LogP contribution < -0.4 is 4.74 Å². The summed E-state index contributed by atoms with van der Waals surface area (Å²) in [4.78, 5) is 26.6. The van der Waals surface area contributed by atoms with Crippen LogP contribution >= 0.6 is 0 Å². The molecule has 2 atom stereocenters. The normalized spacial score (nSPS) is 18.3. The largest absolute Gasteiger partial charge is 0.486 e. The zero-order valence-corrected chi connectivity index (χ0v) is 18.5. The minimum atomic E-state index is -3.14. The second-order valence-electron chi connectivity index (χ2n) is 7.56.